The Morgan fingerprint density at radius 1 is 1.17 bits per heavy atom. The minimum Gasteiger partial charge on any atom is -0.343 e. The first kappa shape index (κ1) is 15.4. The van der Waals surface area contributed by atoms with Gasteiger partial charge in [0.1, 0.15) is 5.82 Å². The van der Waals surface area contributed by atoms with Crippen LogP contribution < -0.4 is 5.32 Å². The number of rotatable bonds is 4. The van der Waals surface area contributed by atoms with Gasteiger partial charge in [0.15, 0.2) is 0 Å². The second-order valence-electron chi connectivity index (χ2n) is 4.68. The fourth-order valence-corrected chi connectivity index (χ4v) is 2.40. The summed E-state index contributed by atoms with van der Waals surface area (Å²) in [7, 11) is 0. The molecule has 2 aromatic carbocycles. The van der Waals surface area contributed by atoms with Crippen molar-refractivity contribution in [1.82, 2.24) is 15.5 Å². The Hall–Kier alpha value is -2.54. The summed E-state index contributed by atoms with van der Waals surface area (Å²) in [6, 6.07) is 12.9. The van der Waals surface area contributed by atoms with Gasteiger partial charge in [0.05, 0.1) is 12.1 Å². The fourth-order valence-electron chi connectivity index (χ4n) is 1.94. The maximum Gasteiger partial charge on any atom is 0.252 e. The van der Waals surface area contributed by atoms with Gasteiger partial charge in [0.25, 0.3) is 5.91 Å². The van der Waals surface area contributed by atoms with E-state index in [1.165, 1.54) is 12.1 Å². The van der Waals surface area contributed by atoms with Crippen molar-refractivity contribution in [2.24, 2.45) is 0 Å². The van der Waals surface area contributed by atoms with E-state index in [4.69, 9.17) is 4.52 Å². The molecule has 0 aliphatic carbocycles. The zero-order chi connectivity index (χ0) is 16.2. The smallest absolute Gasteiger partial charge is 0.252 e. The number of hydrogen-bond acceptors (Lipinski definition) is 4. The van der Waals surface area contributed by atoms with E-state index in [1.54, 1.807) is 30.3 Å². The van der Waals surface area contributed by atoms with Crippen molar-refractivity contribution >= 4 is 21.8 Å². The molecule has 0 radical (unpaired) electrons. The lowest BCUT2D eigenvalue weighted by atomic mass is 10.2. The summed E-state index contributed by atoms with van der Waals surface area (Å²) < 4.78 is 18.7. The molecule has 0 spiro atoms. The topological polar surface area (TPSA) is 68.0 Å². The summed E-state index contributed by atoms with van der Waals surface area (Å²) in [5.74, 6) is 0.0250. The highest BCUT2D eigenvalue weighted by Crippen LogP contribution is 2.17. The molecule has 116 valence electrons. The van der Waals surface area contributed by atoms with E-state index < -0.39 is 0 Å². The van der Waals surface area contributed by atoms with Crippen LogP contribution in [0.15, 0.2) is 57.5 Å². The van der Waals surface area contributed by atoms with Crippen molar-refractivity contribution in [3.63, 3.8) is 0 Å². The Morgan fingerprint density at radius 3 is 2.65 bits per heavy atom. The summed E-state index contributed by atoms with van der Waals surface area (Å²) in [4.78, 5) is 16.3. The average Bonchev–Trinajstić information content (AvgIpc) is 3.03. The van der Waals surface area contributed by atoms with Crippen LogP contribution in [0.25, 0.3) is 11.4 Å². The number of nitrogens with zero attached hydrogens (tertiary/aromatic N) is 2. The standard InChI is InChI=1S/C16H11BrFN3O2/c17-13-4-2-1-3-12(13)16(22)19-9-14-20-15(21-23-14)10-5-7-11(18)8-6-10/h1-8H,9H2,(H,19,22). The molecular weight excluding hydrogens is 365 g/mol. The van der Waals surface area contributed by atoms with Gasteiger partial charge in [-0.25, -0.2) is 4.39 Å². The average molecular weight is 376 g/mol. The van der Waals surface area contributed by atoms with E-state index in [1.807, 2.05) is 6.07 Å². The van der Waals surface area contributed by atoms with Gasteiger partial charge in [-0.15, -0.1) is 0 Å². The molecule has 0 saturated heterocycles. The van der Waals surface area contributed by atoms with Crippen LogP contribution in [-0.2, 0) is 6.54 Å². The van der Waals surface area contributed by atoms with Crippen LogP contribution in [0.5, 0.6) is 0 Å². The van der Waals surface area contributed by atoms with Crippen LogP contribution >= 0.6 is 15.9 Å². The highest BCUT2D eigenvalue weighted by atomic mass is 79.9. The number of aromatic nitrogens is 2. The van der Waals surface area contributed by atoms with Crippen molar-refractivity contribution in [3.05, 3.63) is 70.3 Å². The predicted molar refractivity (Wildman–Crippen MR) is 85.0 cm³/mol. The number of hydrogen-bond donors (Lipinski definition) is 1. The highest BCUT2D eigenvalue weighted by molar-refractivity contribution is 9.10. The number of carbonyl (C=O) groups is 1. The minimum atomic E-state index is -0.335. The lowest BCUT2D eigenvalue weighted by Crippen LogP contribution is -2.23. The third-order valence-corrected chi connectivity index (χ3v) is 3.78. The van der Waals surface area contributed by atoms with Crippen LogP contribution in [0, 0.1) is 5.82 Å². The summed E-state index contributed by atoms with van der Waals surface area (Å²) in [6.07, 6.45) is 0. The van der Waals surface area contributed by atoms with Gasteiger partial charge in [-0.3, -0.25) is 4.79 Å². The zero-order valence-electron chi connectivity index (χ0n) is 11.8. The summed E-state index contributed by atoms with van der Waals surface area (Å²) in [6.45, 7) is 0.106. The molecule has 0 atom stereocenters. The van der Waals surface area contributed by atoms with Crippen molar-refractivity contribution in [1.29, 1.82) is 0 Å². The summed E-state index contributed by atoms with van der Waals surface area (Å²) in [5.41, 5.74) is 1.16. The van der Waals surface area contributed by atoms with Crippen LogP contribution in [-0.4, -0.2) is 16.0 Å². The molecule has 0 unspecified atom stereocenters. The molecular formula is C16H11BrFN3O2. The molecule has 0 saturated carbocycles. The van der Waals surface area contributed by atoms with Crippen LogP contribution in [0.3, 0.4) is 0 Å². The Morgan fingerprint density at radius 2 is 1.91 bits per heavy atom. The maximum absolute atomic E-state index is 12.9. The number of halogens is 2. The first-order chi connectivity index (χ1) is 11.1. The summed E-state index contributed by atoms with van der Waals surface area (Å²) in [5, 5.41) is 6.52. The molecule has 0 fully saturated rings. The van der Waals surface area contributed by atoms with Gasteiger partial charge in [0, 0.05) is 10.0 Å². The largest absolute Gasteiger partial charge is 0.343 e. The SMILES string of the molecule is O=C(NCc1nc(-c2ccc(F)cc2)no1)c1ccccc1Br. The van der Waals surface area contributed by atoms with E-state index >= 15 is 0 Å². The Balaban J connectivity index is 1.67. The van der Waals surface area contributed by atoms with E-state index in [9.17, 15) is 9.18 Å². The molecule has 0 aliphatic rings. The lowest BCUT2D eigenvalue weighted by Gasteiger charge is -2.03. The van der Waals surface area contributed by atoms with E-state index in [-0.39, 0.29) is 24.2 Å². The maximum atomic E-state index is 12.9. The molecule has 3 aromatic rings. The first-order valence-corrected chi connectivity index (χ1v) is 7.54. The lowest BCUT2D eigenvalue weighted by molar-refractivity contribution is 0.0945. The monoisotopic (exact) mass is 375 g/mol. The van der Waals surface area contributed by atoms with Gasteiger partial charge in [-0.05, 0) is 52.3 Å². The van der Waals surface area contributed by atoms with Crippen molar-refractivity contribution < 1.29 is 13.7 Å². The normalized spacial score (nSPS) is 10.5. The molecule has 1 aromatic heterocycles. The predicted octanol–water partition coefficient (Wildman–Crippen LogP) is 3.57. The van der Waals surface area contributed by atoms with Crippen molar-refractivity contribution in [2.75, 3.05) is 0 Å². The van der Waals surface area contributed by atoms with Gasteiger partial charge < -0.3 is 9.84 Å². The minimum absolute atomic E-state index is 0.106. The van der Waals surface area contributed by atoms with Crippen LogP contribution in [0.4, 0.5) is 4.39 Å². The summed E-state index contributed by atoms with van der Waals surface area (Å²) >= 11 is 3.32. The molecule has 0 aliphatic heterocycles. The fraction of sp³-hybridized carbons (Fsp3) is 0.0625. The third-order valence-electron chi connectivity index (χ3n) is 3.09. The Bertz CT molecular complexity index is 833. The second kappa shape index (κ2) is 6.70. The van der Waals surface area contributed by atoms with Gasteiger partial charge in [-0.1, -0.05) is 17.3 Å². The number of nitrogens with one attached hydrogen (secondary N) is 1. The van der Waals surface area contributed by atoms with Crippen LogP contribution in [0.2, 0.25) is 0 Å². The molecule has 1 N–H and O–H groups in total. The zero-order valence-corrected chi connectivity index (χ0v) is 13.4. The van der Waals surface area contributed by atoms with E-state index in [0.717, 1.165) is 0 Å². The third kappa shape index (κ3) is 3.62. The quantitative estimate of drug-likeness (QED) is 0.756. The molecule has 1 heterocycles. The van der Waals surface area contributed by atoms with Gasteiger partial charge in [0.2, 0.25) is 11.7 Å². The van der Waals surface area contributed by atoms with Crippen molar-refractivity contribution in [2.45, 2.75) is 6.54 Å². The number of benzene rings is 2. The van der Waals surface area contributed by atoms with Crippen molar-refractivity contribution in [3.8, 4) is 11.4 Å². The first-order valence-electron chi connectivity index (χ1n) is 6.75. The molecule has 5 nitrogen and oxygen atoms in total. The molecule has 23 heavy (non-hydrogen) atoms. The Kier molecular flexibility index (Phi) is 4.47. The van der Waals surface area contributed by atoms with E-state index in [2.05, 4.69) is 31.4 Å². The number of carbonyl (C=O) groups excluding carboxylic acids is 1. The van der Waals surface area contributed by atoms with Crippen LogP contribution in [0.1, 0.15) is 16.2 Å². The number of amides is 1. The van der Waals surface area contributed by atoms with Gasteiger partial charge >= 0.3 is 0 Å². The van der Waals surface area contributed by atoms with E-state index in [0.29, 0.717) is 21.4 Å². The van der Waals surface area contributed by atoms with Gasteiger partial charge in [-0.2, -0.15) is 4.98 Å². The molecule has 0 bridgehead atoms. The highest BCUT2D eigenvalue weighted by Gasteiger charge is 2.12. The molecule has 3 rings (SSSR count). The molecule has 1 amide bonds. The Labute approximate surface area is 139 Å². The molecule has 7 heteroatoms. The second-order valence-corrected chi connectivity index (χ2v) is 5.54.